The molecule has 0 saturated heterocycles. The van der Waals surface area contributed by atoms with Gasteiger partial charge >= 0.3 is 5.97 Å². The maximum atomic E-state index is 10.9. The molecule has 19 heavy (non-hydrogen) atoms. The van der Waals surface area contributed by atoms with Crippen LogP contribution in [0.3, 0.4) is 0 Å². The van der Waals surface area contributed by atoms with Gasteiger partial charge in [0.05, 0.1) is 12.1 Å². The molecule has 4 nitrogen and oxygen atoms in total. The molecule has 0 radical (unpaired) electrons. The van der Waals surface area contributed by atoms with Crippen LogP contribution in [0.5, 0.6) is 0 Å². The molecule has 2 aromatic rings. The first kappa shape index (κ1) is 13.2. The lowest BCUT2D eigenvalue weighted by Gasteiger charge is -2.11. The van der Waals surface area contributed by atoms with Crippen molar-refractivity contribution in [3.63, 3.8) is 0 Å². The van der Waals surface area contributed by atoms with Crippen molar-refractivity contribution in [2.24, 2.45) is 0 Å². The number of hydrogen-bond acceptors (Lipinski definition) is 3. The minimum Gasteiger partial charge on any atom is -0.481 e. The standard InChI is InChI=1S/C15H16N2O2/c1-9-4-5-10(2)13(6-9)15-12(7-14(18)19)8-16-11(3)17-15/h4-6,8H,7H2,1-3H3,(H,18,19). The van der Waals surface area contributed by atoms with Crippen LogP contribution in [0, 0.1) is 20.8 Å². The zero-order valence-corrected chi connectivity index (χ0v) is 11.3. The first-order valence-corrected chi connectivity index (χ1v) is 6.09. The monoisotopic (exact) mass is 256 g/mol. The zero-order chi connectivity index (χ0) is 14.0. The summed E-state index contributed by atoms with van der Waals surface area (Å²) >= 11 is 0. The minimum atomic E-state index is -0.876. The van der Waals surface area contributed by atoms with Gasteiger partial charge in [0.2, 0.25) is 0 Å². The Morgan fingerprint density at radius 2 is 2.00 bits per heavy atom. The topological polar surface area (TPSA) is 63.1 Å². The number of aliphatic carboxylic acids is 1. The Kier molecular flexibility index (Phi) is 3.60. The molecule has 1 aromatic carbocycles. The molecule has 0 fully saturated rings. The van der Waals surface area contributed by atoms with Gasteiger partial charge in [-0.15, -0.1) is 0 Å². The molecule has 1 N–H and O–H groups in total. The van der Waals surface area contributed by atoms with Crippen molar-refractivity contribution >= 4 is 5.97 Å². The van der Waals surface area contributed by atoms with E-state index < -0.39 is 5.97 Å². The smallest absolute Gasteiger partial charge is 0.307 e. The number of carbonyl (C=O) groups is 1. The summed E-state index contributed by atoms with van der Waals surface area (Å²) in [4.78, 5) is 19.5. The Hall–Kier alpha value is -2.23. The molecule has 98 valence electrons. The van der Waals surface area contributed by atoms with Crippen LogP contribution >= 0.6 is 0 Å². The van der Waals surface area contributed by atoms with Crippen molar-refractivity contribution in [1.29, 1.82) is 0 Å². The molecule has 1 aromatic heterocycles. The molecule has 4 heteroatoms. The van der Waals surface area contributed by atoms with Gasteiger partial charge in [-0.05, 0) is 32.4 Å². The van der Waals surface area contributed by atoms with Crippen molar-refractivity contribution < 1.29 is 9.90 Å². The van der Waals surface area contributed by atoms with Crippen LogP contribution < -0.4 is 0 Å². The molecule has 0 unspecified atom stereocenters. The fourth-order valence-electron chi connectivity index (χ4n) is 2.01. The second-order valence-corrected chi connectivity index (χ2v) is 4.68. The summed E-state index contributed by atoms with van der Waals surface area (Å²) in [6.07, 6.45) is 1.54. The van der Waals surface area contributed by atoms with Crippen LogP contribution in [0.2, 0.25) is 0 Å². The van der Waals surface area contributed by atoms with E-state index in [0.29, 0.717) is 11.4 Å². The predicted octanol–water partition coefficient (Wildman–Crippen LogP) is 2.70. The number of benzene rings is 1. The molecule has 0 aliphatic carbocycles. The number of rotatable bonds is 3. The van der Waals surface area contributed by atoms with Gasteiger partial charge in [-0.1, -0.05) is 17.7 Å². The highest BCUT2D eigenvalue weighted by Crippen LogP contribution is 2.26. The molecule has 0 aliphatic rings. The Balaban J connectivity index is 2.62. The third kappa shape index (κ3) is 2.96. The van der Waals surface area contributed by atoms with Crippen LogP contribution in [0.4, 0.5) is 0 Å². The highest BCUT2D eigenvalue weighted by atomic mass is 16.4. The fraction of sp³-hybridized carbons (Fsp3) is 0.267. The maximum absolute atomic E-state index is 10.9. The van der Waals surface area contributed by atoms with E-state index in [0.717, 1.165) is 22.4 Å². The van der Waals surface area contributed by atoms with Crippen LogP contribution in [-0.4, -0.2) is 21.0 Å². The number of nitrogens with zero attached hydrogens (tertiary/aromatic N) is 2. The third-order valence-corrected chi connectivity index (χ3v) is 2.97. The summed E-state index contributed by atoms with van der Waals surface area (Å²) in [6, 6.07) is 6.08. The average molecular weight is 256 g/mol. The van der Waals surface area contributed by atoms with Crippen molar-refractivity contribution in [2.45, 2.75) is 27.2 Å². The molecular formula is C15H16N2O2. The number of aromatic nitrogens is 2. The Morgan fingerprint density at radius 1 is 1.26 bits per heavy atom. The molecule has 2 rings (SSSR count). The van der Waals surface area contributed by atoms with Crippen molar-refractivity contribution in [3.05, 3.63) is 46.9 Å². The minimum absolute atomic E-state index is 0.0665. The van der Waals surface area contributed by atoms with Crippen molar-refractivity contribution in [3.8, 4) is 11.3 Å². The zero-order valence-electron chi connectivity index (χ0n) is 11.3. The molecule has 1 heterocycles. The van der Waals surface area contributed by atoms with E-state index in [1.807, 2.05) is 32.0 Å². The van der Waals surface area contributed by atoms with E-state index in [4.69, 9.17) is 5.11 Å². The van der Waals surface area contributed by atoms with E-state index in [-0.39, 0.29) is 6.42 Å². The molecule has 0 bridgehead atoms. The second-order valence-electron chi connectivity index (χ2n) is 4.68. The van der Waals surface area contributed by atoms with Gasteiger partial charge in [0.1, 0.15) is 5.82 Å². The van der Waals surface area contributed by atoms with E-state index in [9.17, 15) is 4.79 Å². The van der Waals surface area contributed by atoms with Gasteiger partial charge in [0.25, 0.3) is 0 Å². The number of aryl methyl sites for hydroxylation is 3. The van der Waals surface area contributed by atoms with Crippen molar-refractivity contribution in [2.75, 3.05) is 0 Å². The Labute approximate surface area is 112 Å². The lowest BCUT2D eigenvalue weighted by atomic mass is 9.98. The molecular weight excluding hydrogens is 240 g/mol. The lowest BCUT2D eigenvalue weighted by Crippen LogP contribution is -2.06. The van der Waals surface area contributed by atoms with Gasteiger partial charge in [-0.25, -0.2) is 9.97 Å². The van der Waals surface area contributed by atoms with E-state index >= 15 is 0 Å². The van der Waals surface area contributed by atoms with Gasteiger partial charge in [0, 0.05) is 17.3 Å². The Morgan fingerprint density at radius 3 is 2.68 bits per heavy atom. The largest absolute Gasteiger partial charge is 0.481 e. The molecule has 0 amide bonds. The summed E-state index contributed by atoms with van der Waals surface area (Å²) < 4.78 is 0. The van der Waals surface area contributed by atoms with Crippen LogP contribution in [0.1, 0.15) is 22.5 Å². The molecule has 0 saturated carbocycles. The maximum Gasteiger partial charge on any atom is 0.307 e. The van der Waals surface area contributed by atoms with Crippen LogP contribution in [0.25, 0.3) is 11.3 Å². The lowest BCUT2D eigenvalue weighted by molar-refractivity contribution is -0.136. The van der Waals surface area contributed by atoms with Gasteiger partial charge in [-0.2, -0.15) is 0 Å². The summed E-state index contributed by atoms with van der Waals surface area (Å²) in [5.74, 6) is -0.232. The van der Waals surface area contributed by atoms with E-state index in [2.05, 4.69) is 9.97 Å². The normalized spacial score (nSPS) is 10.5. The number of hydrogen-bond donors (Lipinski definition) is 1. The van der Waals surface area contributed by atoms with E-state index in [1.54, 1.807) is 13.1 Å². The first-order chi connectivity index (χ1) is 8.97. The molecule has 0 spiro atoms. The van der Waals surface area contributed by atoms with Crippen LogP contribution in [-0.2, 0) is 11.2 Å². The SMILES string of the molecule is Cc1ccc(C)c(-c2nc(C)ncc2CC(=O)O)c1. The van der Waals surface area contributed by atoms with Crippen LogP contribution in [0.15, 0.2) is 24.4 Å². The summed E-state index contributed by atoms with van der Waals surface area (Å²) in [5, 5.41) is 8.98. The number of carboxylic acid groups (broad SMARTS) is 1. The number of carboxylic acids is 1. The second kappa shape index (κ2) is 5.18. The Bertz CT molecular complexity index is 636. The highest BCUT2D eigenvalue weighted by molar-refractivity contribution is 5.75. The summed E-state index contributed by atoms with van der Waals surface area (Å²) in [5.41, 5.74) is 4.54. The predicted molar refractivity (Wildman–Crippen MR) is 73.0 cm³/mol. The third-order valence-electron chi connectivity index (χ3n) is 2.97. The van der Waals surface area contributed by atoms with Crippen molar-refractivity contribution in [1.82, 2.24) is 9.97 Å². The fourth-order valence-corrected chi connectivity index (χ4v) is 2.01. The van der Waals surface area contributed by atoms with Gasteiger partial charge in [0.15, 0.2) is 0 Å². The van der Waals surface area contributed by atoms with E-state index in [1.165, 1.54) is 0 Å². The van der Waals surface area contributed by atoms with Gasteiger partial charge < -0.3 is 5.11 Å². The summed E-state index contributed by atoms with van der Waals surface area (Å²) in [6.45, 7) is 5.81. The average Bonchev–Trinajstić information content (AvgIpc) is 2.34. The highest BCUT2D eigenvalue weighted by Gasteiger charge is 2.13. The summed E-state index contributed by atoms with van der Waals surface area (Å²) in [7, 11) is 0. The molecule has 0 aliphatic heterocycles. The van der Waals surface area contributed by atoms with Gasteiger partial charge in [-0.3, -0.25) is 4.79 Å². The quantitative estimate of drug-likeness (QED) is 0.917. The molecule has 0 atom stereocenters. The first-order valence-electron chi connectivity index (χ1n) is 6.09.